The molecule has 1 heterocycles. The molecule has 124 valence electrons. The number of hydrogen-bond acceptors (Lipinski definition) is 4. The molecule has 2 aromatic carbocycles. The van der Waals surface area contributed by atoms with E-state index in [-0.39, 0.29) is 6.04 Å². The Morgan fingerprint density at radius 1 is 1.12 bits per heavy atom. The lowest BCUT2D eigenvalue weighted by molar-refractivity contribution is 0.414. The van der Waals surface area contributed by atoms with Crippen molar-refractivity contribution in [3.63, 3.8) is 0 Å². The van der Waals surface area contributed by atoms with Gasteiger partial charge in [0, 0.05) is 23.0 Å². The standard InChI is InChI=1S/C20H22N2OS/c1-14(21-13-16-8-7-11-18(12-16)23-3)19-15(2)22-20(24-19)17-9-5-4-6-10-17/h4-12,14,21H,13H2,1-3H3. The van der Waals surface area contributed by atoms with E-state index in [4.69, 9.17) is 9.72 Å². The SMILES string of the molecule is COc1cccc(CNC(C)c2sc(-c3ccccc3)nc2C)c1. The molecule has 0 spiro atoms. The number of ether oxygens (including phenoxy) is 1. The van der Waals surface area contributed by atoms with Crippen molar-refractivity contribution < 1.29 is 4.74 Å². The summed E-state index contributed by atoms with van der Waals surface area (Å²) in [5.74, 6) is 0.891. The largest absolute Gasteiger partial charge is 0.497 e. The molecule has 4 heteroatoms. The van der Waals surface area contributed by atoms with Gasteiger partial charge in [0.25, 0.3) is 0 Å². The first-order chi connectivity index (χ1) is 11.7. The molecule has 3 nitrogen and oxygen atoms in total. The van der Waals surface area contributed by atoms with Crippen LogP contribution in [0.1, 0.15) is 29.1 Å². The summed E-state index contributed by atoms with van der Waals surface area (Å²) >= 11 is 1.77. The molecule has 0 bridgehead atoms. The van der Waals surface area contributed by atoms with Gasteiger partial charge in [0.2, 0.25) is 0 Å². The van der Waals surface area contributed by atoms with Gasteiger partial charge in [-0.15, -0.1) is 11.3 Å². The third-order valence-corrected chi connectivity index (χ3v) is 5.38. The van der Waals surface area contributed by atoms with Crippen LogP contribution in [0.4, 0.5) is 0 Å². The second-order valence-corrected chi connectivity index (χ2v) is 6.82. The monoisotopic (exact) mass is 338 g/mol. The lowest BCUT2D eigenvalue weighted by Crippen LogP contribution is -2.17. The summed E-state index contributed by atoms with van der Waals surface area (Å²) in [7, 11) is 1.70. The summed E-state index contributed by atoms with van der Waals surface area (Å²) < 4.78 is 5.28. The highest BCUT2D eigenvalue weighted by Crippen LogP contribution is 2.31. The molecule has 3 aromatic rings. The summed E-state index contributed by atoms with van der Waals surface area (Å²) in [6.45, 7) is 5.08. The van der Waals surface area contributed by atoms with Gasteiger partial charge in [0.1, 0.15) is 10.8 Å². The van der Waals surface area contributed by atoms with Gasteiger partial charge in [-0.25, -0.2) is 4.98 Å². The van der Waals surface area contributed by atoms with Gasteiger partial charge >= 0.3 is 0 Å². The van der Waals surface area contributed by atoms with Crippen molar-refractivity contribution in [1.82, 2.24) is 10.3 Å². The summed E-state index contributed by atoms with van der Waals surface area (Å²) in [6.07, 6.45) is 0. The molecule has 3 rings (SSSR count). The van der Waals surface area contributed by atoms with E-state index in [0.29, 0.717) is 0 Å². The smallest absolute Gasteiger partial charge is 0.123 e. The Labute approximate surface area is 147 Å². The summed E-state index contributed by atoms with van der Waals surface area (Å²) in [5, 5.41) is 4.67. The molecule has 0 saturated heterocycles. The highest BCUT2D eigenvalue weighted by Gasteiger charge is 2.15. The van der Waals surface area contributed by atoms with E-state index >= 15 is 0 Å². The fourth-order valence-corrected chi connectivity index (χ4v) is 3.76. The average Bonchev–Trinajstić information content (AvgIpc) is 3.02. The normalized spacial score (nSPS) is 12.1. The maximum atomic E-state index is 5.28. The first kappa shape index (κ1) is 16.7. The number of rotatable bonds is 6. The molecule has 0 radical (unpaired) electrons. The minimum absolute atomic E-state index is 0.256. The van der Waals surface area contributed by atoms with E-state index in [1.54, 1.807) is 18.4 Å². The molecule has 1 unspecified atom stereocenters. The zero-order chi connectivity index (χ0) is 16.9. The van der Waals surface area contributed by atoms with E-state index in [1.807, 2.05) is 18.2 Å². The zero-order valence-corrected chi connectivity index (χ0v) is 15.1. The summed E-state index contributed by atoms with van der Waals surface area (Å²) in [4.78, 5) is 6.03. The van der Waals surface area contributed by atoms with Crippen LogP contribution in [-0.2, 0) is 6.54 Å². The van der Waals surface area contributed by atoms with Crippen LogP contribution in [0, 0.1) is 6.92 Å². The highest BCUT2D eigenvalue weighted by molar-refractivity contribution is 7.15. The second-order valence-electron chi connectivity index (χ2n) is 5.79. The Morgan fingerprint density at radius 3 is 2.67 bits per heavy atom. The van der Waals surface area contributed by atoms with Crippen molar-refractivity contribution in [3.05, 3.63) is 70.7 Å². The molecule has 0 aliphatic carbocycles. The Kier molecular flexibility index (Phi) is 5.28. The summed E-state index contributed by atoms with van der Waals surface area (Å²) in [6, 6.07) is 18.8. The minimum atomic E-state index is 0.256. The fourth-order valence-electron chi connectivity index (χ4n) is 2.66. The Morgan fingerprint density at radius 2 is 1.92 bits per heavy atom. The number of aryl methyl sites for hydroxylation is 1. The number of methoxy groups -OCH3 is 1. The van der Waals surface area contributed by atoms with E-state index < -0.39 is 0 Å². The van der Waals surface area contributed by atoms with Crippen molar-refractivity contribution >= 4 is 11.3 Å². The van der Waals surface area contributed by atoms with Crippen LogP contribution in [0.3, 0.4) is 0 Å². The van der Waals surface area contributed by atoms with Gasteiger partial charge in [0.05, 0.1) is 12.8 Å². The predicted octanol–water partition coefficient (Wildman–Crippen LogP) is 4.98. The molecule has 24 heavy (non-hydrogen) atoms. The third kappa shape index (κ3) is 3.83. The number of hydrogen-bond donors (Lipinski definition) is 1. The maximum absolute atomic E-state index is 5.28. The van der Waals surface area contributed by atoms with E-state index in [0.717, 1.165) is 23.0 Å². The van der Waals surface area contributed by atoms with Crippen LogP contribution in [0.5, 0.6) is 5.75 Å². The third-order valence-electron chi connectivity index (χ3n) is 3.99. The predicted molar refractivity (Wildman–Crippen MR) is 101 cm³/mol. The van der Waals surface area contributed by atoms with Crippen LogP contribution in [0.2, 0.25) is 0 Å². The van der Waals surface area contributed by atoms with Crippen LogP contribution >= 0.6 is 11.3 Å². The Balaban J connectivity index is 1.71. The molecule has 0 saturated carbocycles. The molecular formula is C20H22N2OS. The number of benzene rings is 2. The van der Waals surface area contributed by atoms with Crippen LogP contribution in [0.15, 0.2) is 54.6 Å². The lowest BCUT2D eigenvalue weighted by atomic mass is 10.2. The van der Waals surface area contributed by atoms with Crippen LogP contribution in [-0.4, -0.2) is 12.1 Å². The Hall–Kier alpha value is -2.17. The molecule has 1 N–H and O–H groups in total. The number of nitrogens with zero attached hydrogens (tertiary/aromatic N) is 1. The van der Waals surface area contributed by atoms with E-state index in [1.165, 1.54) is 16.0 Å². The Bertz CT molecular complexity index is 798. The molecule has 0 amide bonds. The lowest BCUT2D eigenvalue weighted by Gasteiger charge is -2.13. The molecule has 1 atom stereocenters. The summed E-state index contributed by atoms with van der Waals surface area (Å²) in [5.41, 5.74) is 3.49. The maximum Gasteiger partial charge on any atom is 0.123 e. The van der Waals surface area contributed by atoms with Gasteiger partial charge < -0.3 is 10.1 Å². The van der Waals surface area contributed by atoms with Gasteiger partial charge in [0.15, 0.2) is 0 Å². The molecule has 1 aromatic heterocycles. The average molecular weight is 338 g/mol. The van der Waals surface area contributed by atoms with Crippen LogP contribution < -0.4 is 10.1 Å². The van der Waals surface area contributed by atoms with Crippen molar-refractivity contribution in [1.29, 1.82) is 0 Å². The number of aromatic nitrogens is 1. The fraction of sp³-hybridized carbons (Fsp3) is 0.250. The first-order valence-corrected chi connectivity index (χ1v) is 8.88. The van der Waals surface area contributed by atoms with Crippen molar-refractivity contribution in [2.24, 2.45) is 0 Å². The first-order valence-electron chi connectivity index (χ1n) is 8.06. The number of nitrogens with one attached hydrogen (secondary N) is 1. The van der Waals surface area contributed by atoms with Crippen LogP contribution in [0.25, 0.3) is 10.6 Å². The molecule has 0 aliphatic rings. The second kappa shape index (κ2) is 7.60. The minimum Gasteiger partial charge on any atom is -0.497 e. The molecular weight excluding hydrogens is 316 g/mol. The topological polar surface area (TPSA) is 34.1 Å². The zero-order valence-electron chi connectivity index (χ0n) is 14.2. The van der Waals surface area contributed by atoms with Gasteiger partial charge in [-0.05, 0) is 31.5 Å². The van der Waals surface area contributed by atoms with Crippen molar-refractivity contribution in [2.45, 2.75) is 26.4 Å². The quantitative estimate of drug-likeness (QED) is 0.688. The van der Waals surface area contributed by atoms with Crippen molar-refractivity contribution in [3.8, 4) is 16.3 Å². The van der Waals surface area contributed by atoms with Gasteiger partial charge in [-0.3, -0.25) is 0 Å². The van der Waals surface area contributed by atoms with Gasteiger partial charge in [-0.2, -0.15) is 0 Å². The van der Waals surface area contributed by atoms with E-state index in [2.05, 4.69) is 55.6 Å². The van der Waals surface area contributed by atoms with Gasteiger partial charge in [-0.1, -0.05) is 42.5 Å². The van der Waals surface area contributed by atoms with E-state index in [9.17, 15) is 0 Å². The molecule has 0 fully saturated rings. The molecule has 0 aliphatic heterocycles. The van der Waals surface area contributed by atoms with Crippen molar-refractivity contribution in [2.75, 3.05) is 7.11 Å². The number of thiazole rings is 1. The highest BCUT2D eigenvalue weighted by atomic mass is 32.1.